The van der Waals surface area contributed by atoms with Gasteiger partial charge in [-0.05, 0) is 55.3 Å². The molecule has 1 amide bonds. The zero-order chi connectivity index (χ0) is 23.4. The Labute approximate surface area is 199 Å². The molecular weight excluding hydrogens is 439 g/mol. The molecule has 1 saturated heterocycles. The minimum absolute atomic E-state index is 0.151. The number of piperazine rings is 1. The molecule has 1 atom stereocenters. The molecule has 1 N–H and O–H groups in total. The van der Waals surface area contributed by atoms with Crippen molar-refractivity contribution < 1.29 is 9.18 Å². The van der Waals surface area contributed by atoms with E-state index in [0.717, 1.165) is 48.7 Å². The third-order valence-electron chi connectivity index (χ3n) is 6.12. The number of hydrogen-bond donors (Lipinski definition) is 1. The second-order valence-electron chi connectivity index (χ2n) is 8.49. The Hall–Kier alpha value is -2.96. The van der Waals surface area contributed by atoms with Crippen molar-refractivity contribution >= 4 is 23.3 Å². The van der Waals surface area contributed by atoms with Gasteiger partial charge in [0.05, 0.1) is 0 Å². The van der Waals surface area contributed by atoms with Gasteiger partial charge in [0.25, 0.3) is 5.91 Å². The molecule has 1 fully saturated rings. The average molecular weight is 467 g/mol. The molecule has 33 heavy (non-hydrogen) atoms. The summed E-state index contributed by atoms with van der Waals surface area (Å²) in [5.74, 6) is 0.536. The maximum atomic E-state index is 13.2. The van der Waals surface area contributed by atoms with Crippen molar-refractivity contribution in [3.8, 4) is 0 Å². The number of anilines is 1. The molecule has 0 bridgehead atoms. The van der Waals surface area contributed by atoms with E-state index < -0.39 is 0 Å². The van der Waals surface area contributed by atoms with Gasteiger partial charge >= 0.3 is 0 Å². The lowest BCUT2D eigenvalue weighted by atomic mass is 10.1. The van der Waals surface area contributed by atoms with Crippen LogP contribution < -0.4 is 10.2 Å². The predicted molar refractivity (Wildman–Crippen MR) is 130 cm³/mol. The van der Waals surface area contributed by atoms with E-state index in [4.69, 9.17) is 11.6 Å². The van der Waals surface area contributed by atoms with Gasteiger partial charge in [-0.25, -0.2) is 9.37 Å². The summed E-state index contributed by atoms with van der Waals surface area (Å²) in [4.78, 5) is 22.1. The summed E-state index contributed by atoms with van der Waals surface area (Å²) in [6.45, 7) is 7.79. The molecule has 172 valence electrons. The Morgan fingerprint density at radius 2 is 1.94 bits per heavy atom. The Bertz CT molecular complexity index is 1120. The fourth-order valence-electron chi connectivity index (χ4n) is 4.29. The first-order valence-electron chi connectivity index (χ1n) is 11.1. The van der Waals surface area contributed by atoms with Crippen LogP contribution in [0.1, 0.15) is 34.0 Å². The van der Waals surface area contributed by atoms with Gasteiger partial charge in [-0.3, -0.25) is 9.69 Å². The highest BCUT2D eigenvalue weighted by Crippen LogP contribution is 2.24. The minimum atomic E-state index is -0.211. The second kappa shape index (κ2) is 10.3. The number of carbonyl (C=O) groups excluding carboxylic acids is 1. The first kappa shape index (κ1) is 23.2. The maximum absolute atomic E-state index is 13.2. The fourth-order valence-corrected chi connectivity index (χ4v) is 4.46. The summed E-state index contributed by atoms with van der Waals surface area (Å²) in [5, 5.41) is 3.60. The van der Waals surface area contributed by atoms with Gasteiger partial charge in [0.2, 0.25) is 0 Å². The Balaban J connectivity index is 1.41. The molecule has 1 aromatic heterocycles. The molecule has 0 saturated carbocycles. The highest BCUT2D eigenvalue weighted by atomic mass is 35.5. The van der Waals surface area contributed by atoms with Crippen LogP contribution in [0.5, 0.6) is 0 Å². The van der Waals surface area contributed by atoms with Crippen molar-refractivity contribution in [3.05, 3.63) is 93.9 Å². The van der Waals surface area contributed by atoms with E-state index in [1.54, 1.807) is 24.4 Å². The molecule has 5 nitrogen and oxygen atoms in total. The number of halogens is 2. The summed E-state index contributed by atoms with van der Waals surface area (Å²) in [6.07, 6.45) is 1.79. The smallest absolute Gasteiger partial charge is 0.251 e. The third-order valence-corrected chi connectivity index (χ3v) is 6.53. The van der Waals surface area contributed by atoms with Gasteiger partial charge < -0.3 is 10.2 Å². The molecule has 7 heteroatoms. The molecule has 1 unspecified atom stereocenters. The molecular formula is C26H28ClFN4O. The lowest BCUT2D eigenvalue weighted by Gasteiger charge is -2.41. The number of hydrogen-bond acceptors (Lipinski definition) is 4. The summed E-state index contributed by atoms with van der Waals surface area (Å²) < 4.78 is 13.2. The van der Waals surface area contributed by atoms with Gasteiger partial charge in [0.1, 0.15) is 11.6 Å². The van der Waals surface area contributed by atoms with Crippen LogP contribution in [0, 0.1) is 12.7 Å². The summed E-state index contributed by atoms with van der Waals surface area (Å²) in [6, 6.07) is 16.2. The molecule has 0 radical (unpaired) electrons. The van der Waals surface area contributed by atoms with E-state index in [9.17, 15) is 9.18 Å². The molecule has 1 aliphatic heterocycles. The SMILES string of the molecule is Cc1c(Cl)cccc1C(=O)NCc1cccnc1N1CCN(Cc2ccc(F)cc2)CC1C. The highest BCUT2D eigenvalue weighted by Gasteiger charge is 2.26. The van der Waals surface area contributed by atoms with Crippen LogP contribution in [-0.4, -0.2) is 41.5 Å². The molecule has 2 heterocycles. The van der Waals surface area contributed by atoms with Crippen molar-refractivity contribution in [1.29, 1.82) is 0 Å². The van der Waals surface area contributed by atoms with Crippen molar-refractivity contribution in [2.24, 2.45) is 0 Å². The number of benzene rings is 2. The summed E-state index contributed by atoms with van der Waals surface area (Å²) in [7, 11) is 0. The van der Waals surface area contributed by atoms with Crippen LogP contribution in [0.25, 0.3) is 0 Å². The topological polar surface area (TPSA) is 48.5 Å². The van der Waals surface area contributed by atoms with Crippen LogP contribution >= 0.6 is 11.6 Å². The number of carbonyl (C=O) groups is 1. The van der Waals surface area contributed by atoms with E-state index >= 15 is 0 Å². The van der Waals surface area contributed by atoms with Crippen molar-refractivity contribution in [1.82, 2.24) is 15.2 Å². The number of amides is 1. The van der Waals surface area contributed by atoms with Crippen LogP contribution in [0.3, 0.4) is 0 Å². The largest absolute Gasteiger partial charge is 0.351 e. The summed E-state index contributed by atoms with van der Waals surface area (Å²) in [5.41, 5.74) is 3.43. The minimum Gasteiger partial charge on any atom is -0.351 e. The number of rotatable bonds is 6. The highest BCUT2D eigenvalue weighted by molar-refractivity contribution is 6.31. The number of aromatic nitrogens is 1. The van der Waals surface area contributed by atoms with Crippen LogP contribution in [0.2, 0.25) is 5.02 Å². The number of nitrogens with zero attached hydrogens (tertiary/aromatic N) is 3. The Kier molecular flexibility index (Phi) is 7.26. The lowest BCUT2D eigenvalue weighted by Crippen LogP contribution is -2.52. The first-order valence-corrected chi connectivity index (χ1v) is 11.5. The van der Waals surface area contributed by atoms with Crippen LogP contribution in [-0.2, 0) is 13.1 Å². The van der Waals surface area contributed by atoms with Crippen molar-refractivity contribution in [2.45, 2.75) is 33.0 Å². The van der Waals surface area contributed by atoms with Crippen LogP contribution in [0.4, 0.5) is 10.2 Å². The molecule has 0 spiro atoms. The maximum Gasteiger partial charge on any atom is 0.251 e. The van der Waals surface area contributed by atoms with E-state index in [1.807, 2.05) is 31.2 Å². The van der Waals surface area contributed by atoms with Gasteiger partial charge in [-0.1, -0.05) is 35.9 Å². The van der Waals surface area contributed by atoms with Gasteiger partial charge in [-0.2, -0.15) is 0 Å². The lowest BCUT2D eigenvalue weighted by molar-refractivity contribution is 0.0950. The number of pyridine rings is 1. The van der Waals surface area contributed by atoms with Crippen LogP contribution in [0.15, 0.2) is 60.8 Å². The zero-order valence-corrected chi connectivity index (χ0v) is 19.6. The monoisotopic (exact) mass is 466 g/mol. The van der Waals surface area contributed by atoms with E-state index in [1.165, 1.54) is 12.1 Å². The average Bonchev–Trinajstić information content (AvgIpc) is 2.81. The first-order chi connectivity index (χ1) is 15.9. The molecule has 0 aliphatic carbocycles. The normalized spacial score (nSPS) is 16.6. The molecule has 4 rings (SSSR count). The second-order valence-corrected chi connectivity index (χ2v) is 8.89. The van der Waals surface area contributed by atoms with Gasteiger partial charge in [0, 0.05) is 61.1 Å². The van der Waals surface area contributed by atoms with E-state index in [-0.39, 0.29) is 17.8 Å². The molecule has 3 aromatic rings. The van der Waals surface area contributed by atoms with E-state index in [0.29, 0.717) is 17.1 Å². The fraction of sp³-hybridized carbons (Fsp3) is 0.308. The molecule has 2 aromatic carbocycles. The van der Waals surface area contributed by atoms with Gasteiger partial charge in [0.15, 0.2) is 0 Å². The number of nitrogens with one attached hydrogen (secondary N) is 1. The van der Waals surface area contributed by atoms with E-state index in [2.05, 4.69) is 27.0 Å². The third kappa shape index (κ3) is 5.52. The Morgan fingerprint density at radius 3 is 2.70 bits per heavy atom. The quantitative estimate of drug-likeness (QED) is 0.565. The van der Waals surface area contributed by atoms with Gasteiger partial charge in [-0.15, -0.1) is 0 Å². The standard InChI is InChI=1S/C26H28ClFN4O/c1-18-16-31(17-20-8-10-22(28)11-9-20)13-14-32(18)25-21(5-4-12-29-25)15-30-26(33)23-6-3-7-24(27)19(23)2/h3-12,18H,13-17H2,1-2H3,(H,30,33). The Morgan fingerprint density at radius 1 is 1.15 bits per heavy atom. The predicted octanol–water partition coefficient (Wildman–Crippen LogP) is 4.82. The summed E-state index contributed by atoms with van der Waals surface area (Å²) >= 11 is 6.17. The zero-order valence-electron chi connectivity index (χ0n) is 18.9. The molecule has 1 aliphatic rings. The van der Waals surface area contributed by atoms with Crippen molar-refractivity contribution in [3.63, 3.8) is 0 Å². The van der Waals surface area contributed by atoms with Crippen molar-refractivity contribution in [2.75, 3.05) is 24.5 Å².